The van der Waals surface area contributed by atoms with Crippen LogP contribution in [0.5, 0.6) is 0 Å². The van der Waals surface area contributed by atoms with Gasteiger partial charge in [-0.2, -0.15) is 5.10 Å². The summed E-state index contributed by atoms with van der Waals surface area (Å²) in [5, 5.41) is 4.35. The summed E-state index contributed by atoms with van der Waals surface area (Å²) in [6.07, 6.45) is 0. The lowest BCUT2D eigenvalue weighted by atomic mass is 9.92. The van der Waals surface area contributed by atoms with Gasteiger partial charge in [-0.15, -0.1) is 0 Å². The van der Waals surface area contributed by atoms with E-state index in [0.29, 0.717) is 0 Å². The number of rotatable bonds is 0. The van der Waals surface area contributed by atoms with Crippen LogP contribution in [-0.4, -0.2) is 9.78 Å². The highest BCUT2D eigenvalue weighted by atomic mass is 79.9. The first-order valence-corrected chi connectivity index (χ1v) is 4.83. The standard InChI is InChI=1S/C9H15BrN2/c1-6-7(10)8(9(2,3)4)12(5)11-6/h1-5H3. The molecule has 1 aromatic rings. The zero-order valence-electron chi connectivity index (χ0n) is 8.27. The number of hydrogen-bond donors (Lipinski definition) is 0. The normalized spacial score (nSPS) is 12.2. The zero-order valence-corrected chi connectivity index (χ0v) is 9.86. The van der Waals surface area contributed by atoms with Gasteiger partial charge in [-0.1, -0.05) is 20.8 Å². The van der Waals surface area contributed by atoms with E-state index in [-0.39, 0.29) is 5.41 Å². The monoisotopic (exact) mass is 230 g/mol. The summed E-state index contributed by atoms with van der Waals surface area (Å²) < 4.78 is 3.08. The molecule has 0 unspecified atom stereocenters. The number of nitrogens with zero attached hydrogens (tertiary/aromatic N) is 2. The molecule has 3 heteroatoms. The fourth-order valence-corrected chi connectivity index (χ4v) is 2.38. The predicted molar refractivity (Wildman–Crippen MR) is 54.3 cm³/mol. The van der Waals surface area contributed by atoms with Crippen LogP contribution >= 0.6 is 15.9 Å². The fourth-order valence-electron chi connectivity index (χ4n) is 1.45. The number of halogens is 1. The van der Waals surface area contributed by atoms with Crippen molar-refractivity contribution in [2.24, 2.45) is 7.05 Å². The van der Waals surface area contributed by atoms with Crippen LogP contribution in [-0.2, 0) is 12.5 Å². The van der Waals surface area contributed by atoms with Crippen LogP contribution in [0.4, 0.5) is 0 Å². The van der Waals surface area contributed by atoms with Crippen molar-refractivity contribution in [1.82, 2.24) is 9.78 Å². The summed E-state index contributed by atoms with van der Waals surface area (Å²) in [5.74, 6) is 0. The van der Waals surface area contributed by atoms with Gasteiger partial charge in [0, 0.05) is 12.5 Å². The van der Waals surface area contributed by atoms with Crippen molar-refractivity contribution < 1.29 is 0 Å². The van der Waals surface area contributed by atoms with Crippen LogP contribution in [0.15, 0.2) is 4.47 Å². The molecule has 0 atom stereocenters. The fraction of sp³-hybridized carbons (Fsp3) is 0.667. The Labute approximate surface area is 82.1 Å². The van der Waals surface area contributed by atoms with Gasteiger partial charge in [-0.3, -0.25) is 4.68 Å². The minimum absolute atomic E-state index is 0.148. The molecule has 0 saturated carbocycles. The van der Waals surface area contributed by atoms with Gasteiger partial charge in [-0.25, -0.2) is 0 Å². The number of hydrogen-bond acceptors (Lipinski definition) is 1. The molecule has 1 rings (SSSR count). The minimum atomic E-state index is 0.148. The van der Waals surface area contributed by atoms with Gasteiger partial charge >= 0.3 is 0 Å². The highest BCUT2D eigenvalue weighted by Gasteiger charge is 2.22. The average Bonchev–Trinajstić information content (AvgIpc) is 2.05. The Morgan fingerprint density at radius 3 is 2.00 bits per heavy atom. The minimum Gasteiger partial charge on any atom is -0.271 e. The quantitative estimate of drug-likeness (QED) is 0.671. The molecule has 0 aliphatic heterocycles. The Morgan fingerprint density at radius 2 is 1.83 bits per heavy atom. The largest absolute Gasteiger partial charge is 0.271 e. The van der Waals surface area contributed by atoms with Gasteiger partial charge in [0.15, 0.2) is 0 Å². The summed E-state index contributed by atoms with van der Waals surface area (Å²) >= 11 is 3.55. The first-order valence-electron chi connectivity index (χ1n) is 4.03. The molecule has 1 heterocycles. The third-order valence-electron chi connectivity index (χ3n) is 1.86. The third-order valence-corrected chi connectivity index (χ3v) is 2.81. The third kappa shape index (κ3) is 1.56. The van der Waals surface area contributed by atoms with Crippen LogP contribution < -0.4 is 0 Å². The van der Waals surface area contributed by atoms with Gasteiger partial charge in [0.25, 0.3) is 0 Å². The lowest BCUT2D eigenvalue weighted by molar-refractivity contribution is 0.520. The molecule has 0 aliphatic rings. The van der Waals surface area contributed by atoms with Gasteiger partial charge in [0.05, 0.1) is 15.9 Å². The number of aryl methyl sites for hydroxylation is 2. The SMILES string of the molecule is Cc1nn(C)c(C(C)(C)C)c1Br. The second-order valence-corrected chi connectivity index (χ2v) is 4.91. The van der Waals surface area contributed by atoms with E-state index in [0.717, 1.165) is 10.2 Å². The summed E-state index contributed by atoms with van der Waals surface area (Å²) in [4.78, 5) is 0. The molecule has 0 amide bonds. The Hall–Kier alpha value is -0.310. The molecule has 0 aliphatic carbocycles. The van der Waals surface area contributed by atoms with Crippen LogP contribution in [0, 0.1) is 6.92 Å². The van der Waals surface area contributed by atoms with E-state index in [1.165, 1.54) is 5.69 Å². The van der Waals surface area contributed by atoms with Crippen molar-refractivity contribution in [3.63, 3.8) is 0 Å². The molecule has 0 bridgehead atoms. The van der Waals surface area contributed by atoms with Crippen LogP contribution in [0.2, 0.25) is 0 Å². The Morgan fingerprint density at radius 1 is 1.33 bits per heavy atom. The number of aromatic nitrogens is 2. The van der Waals surface area contributed by atoms with E-state index in [4.69, 9.17) is 0 Å². The van der Waals surface area contributed by atoms with Gasteiger partial charge in [-0.05, 0) is 22.9 Å². The molecule has 0 spiro atoms. The lowest BCUT2D eigenvalue weighted by Crippen LogP contribution is -2.16. The molecular formula is C9H15BrN2. The van der Waals surface area contributed by atoms with Crippen molar-refractivity contribution in [2.75, 3.05) is 0 Å². The molecule has 0 saturated heterocycles. The second kappa shape index (κ2) is 2.87. The van der Waals surface area contributed by atoms with Gasteiger partial charge in [0.1, 0.15) is 0 Å². The van der Waals surface area contributed by atoms with Crippen molar-refractivity contribution in [3.8, 4) is 0 Å². The van der Waals surface area contributed by atoms with Crippen molar-refractivity contribution in [3.05, 3.63) is 15.9 Å². The molecule has 2 nitrogen and oxygen atoms in total. The molecule has 0 radical (unpaired) electrons. The predicted octanol–water partition coefficient (Wildman–Crippen LogP) is 2.79. The maximum absolute atomic E-state index is 4.35. The van der Waals surface area contributed by atoms with E-state index in [1.807, 2.05) is 18.7 Å². The zero-order chi connectivity index (χ0) is 9.52. The molecule has 68 valence electrons. The van der Waals surface area contributed by atoms with Crippen molar-refractivity contribution in [2.45, 2.75) is 33.1 Å². The summed E-state index contributed by atoms with van der Waals surface area (Å²) in [7, 11) is 1.98. The smallest absolute Gasteiger partial charge is 0.0738 e. The molecular weight excluding hydrogens is 216 g/mol. The van der Waals surface area contributed by atoms with Gasteiger partial charge in [0.2, 0.25) is 0 Å². The molecule has 12 heavy (non-hydrogen) atoms. The topological polar surface area (TPSA) is 17.8 Å². The van der Waals surface area contributed by atoms with E-state index in [1.54, 1.807) is 0 Å². The van der Waals surface area contributed by atoms with Crippen LogP contribution in [0.3, 0.4) is 0 Å². The van der Waals surface area contributed by atoms with Crippen LogP contribution in [0.1, 0.15) is 32.2 Å². The molecule has 1 aromatic heterocycles. The molecule has 0 aromatic carbocycles. The van der Waals surface area contributed by atoms with E-state index in [2.05, 4.69) is 41.8 Å². The highest BCUT2D eigenvalue weighted by molar-refractivity contribution is 9.10. The first-order chi connectivity index (χ1) is 5.34. The maximum atomic E-state index is 4.35. The Balaban J connectivity index is 3.32. The summed E-state index contributed by atoms with van der Waals surface area (Å²) in [5.41, 5.74) is 2.46. The summed E-state index contributed by atoms with van der Waals surface area (Å²) in [6, 6.07) is 0. The average molecular weight is 231 g/mol. The van der Waals surface area contributed by atoms with Crippen molar-refractivity contribution in [1.29, 1.82) is 0 Å². The summed E-state index contributed by atoms with van der Waals surface area (Å²) in [6.45, 7) is 8.58. The molecule has 0 N–H and O–H groups in total. The van der Waals surface area contributed by atoms with E-state index >= 15 is 0 Å². The first kappa shape index (κ1) is 9.78. The van der Waals surface area contributed by atoms with Gasteiger partial charge < -0.3 is 0 Å². The molecule has 0 fully saturated rings. The van der Waals surface area contributed by atoms with E-state index < -0.39 is 0 Å². The Kier molecular flexibility index (Phi) is 2.34. The van der Waals surface area contributed by atoms with E-state index in [9.17, 15) is 0 Å². The maximum Gasteiger partial charge on any atom is 0.0738 e. The lowest BCUT2D eigenvalue weighted by Gasteiger charge is -2.19. The Bertz CT molecular complexity index is 294. The second-order valence-electron chi connectivity index (χ2n) is 4.12. The highest BCUT2D eigenvalue weighted by Crippen LogP contribution is 2.30. The van der Waals surface area contributed by atoms with Crippen LogP contribution in [0.25, 0.3) is 0 Å². The van der Waals surface area contributed by atoms with Crippen molar-refractivity contribution >= 4 is 15.9 Å².